The summed E-state index contributed by atoms with van der Waals surface area (Å²) in [7, 11) is 0. The number of hydrogen-bond acceptors (Lipinski definition) is 5. The van der Waals surface area contributed by atoms with E-state index in [2.05, 4.69) is 5.32 Å². The van der Waals surface area contributed by atoms with Crippen molar-refractivity contribution < 1.29 is 19.0 Å². The molecule has 2 unspecified atom stereocenters. The lowest BCUT2D eigenvalue weighted by Gasteiger charge is -2.28. The molecule has 2 atom stereocenters. The fourth-order valence-corrected chi connectivity index (χ4v) is 2.21. The maximum absolute atomic E-state index is 11.9. The molecule has 1 aliphatic heterocycles. The largest absolute Gasteiger partial charge is 0.465 e. The van der Waals surface area contributed by atoms with E-state index in [0.29, 0.717) is 26.2 Å². The van der Waals surface area contributed by atoms with E-state index in [9.17, 15) is 4.79 Å². The highest BCUT2D eigenvalue weighted by atomic mass is 16.5. The summed E-state index contributed by atoms with van der Waals surface area (Å²) in [5.74, 6) is -0.211. The van der Waals surface area contributed by atoms with Crippen molar-refractivity contribution in [1.82, 2.24) is 5.32 Å². The molecule has 0 aromatic carbocycles. The Kier molecular flexibility index (Phi) is 7.34. The van der Waals surface area contributed by atoms with Gasteiger partial charge in [0.05, 0.1) is 19.3 Å². The fraction of sp³-hybridized carbons (Fsp3) is 0.929. The van der Waals surface area contributed by atoms with Crippen molar-refractivity contribution in [2.45, 2.75) is 51.7 Å². The minimum absolute atomic E-state index is 0.211. The maximum Gasteiger partial charge on any atom is 0.326 e. The van der Waals surface area contributed by atoms with Gasteiger partial charge in [-0.1, -0.05) is 6.92 Å². The Labute approximate surface area is 116 Å². The predicted molar refractivity (Wildman–Crippen MR) is 73.1 cm³/mol. The molecular formula is C14H27NO4. The maximum atomic E-state index is 11.9. The van der Waals surface area contributed by atoms with Crippen LogP contribution < -0.4 is 5.32 Å². The van der Waals surface area contributed by atoms with E-state index in [0.717, 1.165) is 26.0 Å². The number of hydrogen-bond donors (Lipinski definition) is 1. The molecule has 1 saturated heterocycles. The van der Waals surface area contributed by atoms with Gasteiger partial charge in [0.15, 0.2) is 0 Å². The Bertz CT molecular complexity index is 266. The Morgan fingerprint density at radius 3 is 2.84 bits per heavy atom. The van der Waals surface area contributed by atoms with E-state index >= 15 is 0 Å². The molecule has 1 aliphatic rings. The smallest absolute Gasteiger partial charge is 0.326 e. The number of esters is 1. The topological polar surface area (TPSA) is 56.8 Å². The van der Waals surface area contributed by atoms with Crippen LogP contribution >= 0.6 is 0 Å². The first-order valence-corrected chi connectivity index (χ1v) is 7.24. The molecule has 0 spiro atoms. The van der Waals surface area contributed by atoms with Gasteiger partial charge in [-0.2, -0.15) is 0 Å². The fourth-order valence-electron chi connectivity index (χ4n) is 2.21. The van der Waals surface area contributed by atoms with Gasteiger partial charge < -0.3 is 19.5 Å². The van der Waals surface area contributed by atoms with Crippen LogP contribution in [-0.2, 0) is 19.0 Å². The van der Waals surface area contributed by atoms with Crippen LogP contribution in [-0.4, -0.2) is 50.6 Å². The molecule has 5 nitrogen and oxygen atoms in total. The van der Waals surface area contributed by atoms with Gasteiger partial charge in [-0.3, -0.25) is 4.79 Å². The molecule has 0 aliphatic carbocycles. The van der Waals surface area contributed by atoms with Crippen LogP contribution in [0.3, 0.4) is 0 Å². The second-order valence-electron chi connectivity index (χ2n) is 5.04. The van der Waals surface area contributed by atoms with E-state index in [4.69, 9.17) is 14.2 Å². The van der Waals surface area contributed by atoms with Crippen molar-refractivity contribution in [3.63, 3.8) is 0 Å². The van der Waals surface area contributed by atoms with E-state index in [1.165, 1.54) is 0 Å². The number of likely N-dealkylation sites (N-methyl/N-ethyl adjacent to an activating group) is 1. The summed E-state index contributed by atoms with van der Waals surface area (Å²) in [6, 6.07) is 0. The summed E-state index contributed by atoms with van der Waals surface area (Å²) in [4.78, 5) is 11.9. The van der Waals surface area contributed by atoms with E-state index in [1.807, 2.05) is 20.8 Å². The highest BCUT2D eigenvalue weighted by Crippen LogP contribution is 2.15. The zero-order valence-corrected chi connectivity index (χ0v) is 12.4. The Balaban J connectivity index is 2.29. The summed E-state index contributed by atoms with van der Waals surface area (Å²) in [5, 5.41) is 3.19. The second kappa shape index (κ2) is 8.51. The van der Waals surface area contributed by atoms with Crippen LogP contribution in [0.2, 0.25) is 0 Å². The molecule has 5 heteroatoms. The third-order valence-electron chi connectivity index (χ3n) is 3.37. The van der Waals surface area contributed by atoms with Crippen molar-refractivity contribution in [2.24, 2.45) is 0 Å². The Hall–Kier alpha value is -0.650. The number of carbonyl (C=O) groups excluding carboxylic acids is 1. The normalized spacial score (nSPS) is 22.2. The Morgan fingerprint density at radius 1 is 1.47 bits per heavy atom. The SMILES string of the molecule is CCNC(C)(CCOCC1CCCO1)C(=O)OCC. The molecule has 0 aromatic rings. The zero-order valence-electron chi connectivity index (χ0n) is 12.4. The highest BCUT2D eigenvalue weighted by molar-refractivity contribution is 5.80. The Morgan fingerprint density at radius 2 is 2.26 bits per heavy atom. The minimum atomic E-state index is -0.665. The summed E-state index contributed by atoms with van der Waals surface area (Å²) in [5.41, 5.74) is -0.665. The molecule has 0 amide bonds. The van der Waals surface area contributed by atoms with Crippen molar-refractivity contribution in [3.8, 4) is 0 Å². The molecule has 1 N–H and O–H groups in total. The molecule has 0 radical (unpaired) electrons. The first kappa shape index (κ1) is 16.4. The van der Waals surface area contributed by atoms with Crippen LogP contribution in [0.15, 0.2) is 0 Å². The lowest BCUT2D eigenvalue weighted by Crippen LogP contribution is -2.51. The summed E-state index contributed by atoms with van der Waals surface area (Å²) in [6.45, 7) is 8.77. The van der Waals surface area contributed by atoms with Crippen LogP contribution in [0.1, 0.15) is 40.0 Å². The second-order valence-corrected chi connectivity index (χ2v) is 5.04. The van der Waals surface area contributed by atoms with E-state index < -0.39 is 5.54 Å². The van der Waals surface area contributed by atoms with E-state index in [-0.39, 0.29) is 12.1 Å². The van der Waals surface area contributed by atoms with Gasteiger partial charge in [0.25, 0.3) is 0 Å². The molecule has 0 saturated carbocycles. The average Bonchev–Trinajstić information content (AvgIpc) is 2.88. The molecular weight excluding hydrogens is 246 g/mol. The van der Waals surface area contributed by atoms with Gasteiger partial charge in [0.2, 0.25) is 0 Å². The van der Waals surface area contributed by atoms with Gasteiger partial charge in [-0.15, -0.1) is 0 Å². The molecule has 1 rings (SSSR count). The molecule has 1 fully saturated rings. The van der Waals surface area contributed by atoms with Crippen molar-refractivity contribution in [2.75, 3.05) is 33.0 Å². The molecule has 0 aromatic heterocycles. The first-order valence-electron chi connectivity index (χ1n) is 7.24. The van der Waals surface area contributed by atoms with Gasteiger partial charge in [0.1, 0.15) is 5.54 Å². The third-order valence-corrected chi connectivity index (χ3v) is 3.37. The molecule has 1 heterocycles. The number of carbonyl (C=O) groups is 1. The lowest BCUT2D eigenvalue weighted by atomic mass is 9.98. The lowest BCUT2D eigenvalue weighted by molar-refractivity contribution is -0.151. The molecule has 112 valence electrons. The average molecular weight is 273 g/mol. The van der Waals surface area contributed by atoms with Crippen LogP contribution in [0.4, 0.5) is 0 Å². The van der Waals surface area contributed by atoms with Crippen molar-refractivity contribution in [1.29, 1.82) is 0 Å². The van der Waals surface area contributed by atoms with Crippen LogP contribution in [0.5, 0.6) is 0 Å². The third kappa shape index (κ3) is 5.47. The zero-order chi connectivity index (χ0) is 14.1. The summed E-state index contributed by atoms with van der Waals surface area (Å²) < 4.78 is 16.2. The quantitative estimate of drug-likeness (QED) is 0.510. The van der Waals surface area contributed by atoms with Gasteiger partial charge in [-0.05, 0) is 39.7 Å². The minimum Gasteiger partial charge on any atom is -0.465 e. The highest BCUT2D eigenvalue weighted by Gasteiger charge is 2.33. The first-order chi connectivity index (χ1) is 9.12. The van der Waals surface area contributed by atoms with Crippen molar-refractivity contribution >= 4 is 5.97 Å². The van der Waals surface area contributed by atoms with Crippen LogP contribution in [0.25, 0.3) is 0 Å². The molecule has 0 bridgehead atoms. The van der Waals surface area contributed by atoms with Crippen LogP contribution in [0, 0.1) is 0 Å². The van der Waals surface area contributed by atoms with E-state index in [1.54, 1.807) is 0 Å². The van der Waals surface area contributed by atoms with Gasteiger partial charge in [-0.25, -0.2) is 0 Å². The van der Waals surface area contributed by atoms with Gasteiger partial charge >= 0.3 is 5.97 Å². The number of nitrogens with one attached hydrogen (secondary N) is 1. The van der Waals surface area contributed by atoms with Crippen molar-refractivity contribution in [3.05, 3.63) is 0 Å². The summed E-state index contributed by atoms with van der Waals surface area (Å²) in [6.07, 6.45) is 3.02. The predicted octanol–water partition coefficient (Wildman–Crippen LogP) is 1.50. The number of rotatable bonds is 9. The monoisotopic (exact) mass is 273 g/mol. The number of ether oxygens (including phenoxy) is 3. The standard InChI is InChI=1S/C14H27NO4/c1-4-15-14(3,13(16)18-5-2)8-10-17-11-12-7-6-9-19-12/h12,15H,4-11H2,1-3H3. The molecule has 19 heavy (non-hydrogen) atoms. The summed E-state index contributed by atoms with van der Waals surface area (Å²) >= 11 is 0. The van der Waals surface area contributed by atoms with Gasteiger partial charge in [0, 0.05) is 13.2 Å².